The molecule has 7 nitrogen and oxygen atoms in total. The summed E-state index contributed by atoms with van der Waals surface area (Å²) in [6, 6.07) is 0. The van der Waals surface area contributed by atoms with Gasteiger partial charge in [0.05, 0.1) is 12.2 Å². The molecular formula is C41H64F2O7. The van der Waals surface area contributed by atoms with E-state index in [-0.39, 0.29) is 49.9 Å². The van der Waals surface area contributed by atoms with E-state index in [1.807, 2.05) is 13.8 Å². The third-order valence-corrected chi connectivity index (χ3v) is 13.6. The molecule has 4 fully saturated rings. The van der Waals surface area contributed by atoms with Crippen molar-refractivity contribution < 1.29 is 42.5 Å². The molecule has 1 heterocycles. The Morgan fingerprint density at radius 3 is 2.16 bits per heavy atom. The van der Waals surface area contributed by atoms with Crippen molar-refractivity contribution in [2.75, 3.05) is 6.61 Å². The van der Waals surface area contributed by atoms with Crippen molar-refractivity contribution in [1.29, 1.82) is 0 Å². The smallest absolute Gasteiger partial charge is 0.306 e. The molecule has 0 amide bonds. The highest BCUT2D eigenvalue weighted by atomic mass is 19.1. The normalized spacial score (nSPS) is 38.9. The monoisotopic (exact) mass is 706 g/mol. The van der Waals surface area contributed by atoms with Gasteiger partial charge in [-0.15, -0.1) is 0 Å². The molecule has 0 unspecified atom stereocenters. The number of aliphatic hydroxyl groups excluding tert-OH is 1. The van der Waals surface area contributed by atoms with Crippen LogP contribution in [0.5, 0.6) is 0 Å². The molecule has 284 valence electrons. The van der Waals surface area contributed by atoms with E-state index in [4.69, 9.17) is 14.2 Å². The van der Waals surface area contributed by atoms with Gasteiger partial charge in [-0.2, -0.15) is 0 Å². The quantitative estimate of drug-likeness (QED) is 0.106. The van der Waals surface area contributed by atoms with E-state index in [2.05, 4.69) is 6.92 Å². The predicted octanol–water partition coefficient (Wildman–Crippen LogP) is 9.01. The number of aliphatic hydroxyl groups is 1. The van der Waals surface area contributed by atoms with Crippen molar-refractivity contribution in [3.05, 3.63) is 11.6 Å². The number of halogens is 2. The number of carbonyl (C=O) groups is 3. The average Bonchev–Trinajstić information content (AvgIpc) is 3.56. The fraction of sp³-hybridized carbons (Fsp3) is 0.878. The molecule has 5 aliphatic rings. The van der Waals surface area contributed by atoms with Crippen LogP contribution in [0.4, 0.5) is 8.78 Å². The Balaban J connectivity index is 1.18. The zero-order valence-corrected chi connectivity index (χ0v) is 31.3. The van der Waals surface area contributed by atoms with Gasteiger partial charge in [0.2, 0.25) is 5.78 Å². The number of esters is 1. The maximum absolute atomic E-state index is 17.7. The Bertz CT molecular complexity index is 1240. The molecular weight excluding hydrogens is 642 g/mol. The van der Waals surface area contributed by atoms with Crippen LogP contribution in [0.3, 0.4) is 0 Å². The van der Waals surface area contributed by atoms with Crippen molar-refractivity contribution in [1.82, 2.24) is 0 Å². The van der Waals surface area contributed by atoms with E-state index in [0.29, 0.717) is 12.8 Å². The summed E-state index contributed by atoms with van der Waals surface area (Å²) >= 11 is 0. The van der Waals surface area contributed by atoms with Crippen LogP contribution in [0, 0.1) is 22.7 Å². The highest BCUT2D eigenvalue weighted by molar-refractivity contribution is 5.93. The summed E-state index contributed by atoms with van der Waals surface area (Å²) in [5.74, 6) is -2.53. The van der Waals surface area contributed by atoms with Gasteiger partial charge in [0.15, 0.2) is 24.3 Å². The molecule has 0 radical (unpaired) electrons. The second-order valence-corrected chi connectivity index (χ2v) is 16.7. The largest absolute Gasteiger partial charge is 0.458 e. The van der Waals surface area contributed by atoms with E-state index >= 15 is 8.78 Å². The molecule has 5 rings (SSSR count). The number of hydrogen-bond acceptors (Lipinski definition) is 7. The molecule has 0 spiro atoms. The molecule has 1 aliphatic heterocycles. The minimum atomic E-state index is -2.18. The molecule has 1 saturated heterocycles. The van der Waals surface area contributed by atoms with E-state index in [9.17, 15) is 19.5 Å². The number of ketones is 2. The molecule has 4 aliphatic carbocycles. The second-order valence-electron chi connectivity index (χ2n) is 16.7. The first-order valence-corrected chi connectivity index (χ1v) is 20.2. The lowest BCUT2D eigenvalue weighted by atomic mass is 9.43. The third kappa shape index (κ3) is 7.14. The predicted molar refractivity (Wildman–Crippen MR) is 188 cm³/mol. The van der Waals surface area contributed by atoms with E-state index in [1.165, 1.54) is 63.9 Å². The Hall–Kier alpha value is -1.71. The lowest BCUT2D eigenvalue weighted by Crippen LogP contribution is -2.71. The zero-order valence-electron chi connectivity index (χ0n) is 31.3. The Morgan fingerprint density at radius 1 is 0.920 bits per heavy atom. The summed E-state index contributed by atoms with van der Waals surface area (Å²) in [5.41, 5.74) is -6.02. The lowest BCUT2D eigenvalue weighted by molar-refractivity contribution is -0.242. The molecule has 0 aromatic heterocycles. The standard InChI is InChI=1S/C41H64F2O7/c1-5-7-8-9-10-11-12-13-14-15-16-17-18-20-36(47)48-27-34(46)41-35(49-37(50-41)19-6-2)25-29-30-24-32(42)31-23-28(44)21-22-38(31,3)40(30,43)33(45)26-39(29,41)4/h23,29-30,32-33,35,37,45H,5-22,24-27H2,1-4H3/t29-,30-,32-,33-,35+,37+,38-,39-,40-,41+/m0/s1. The van der Waals surface area contributed by atoms with Gasteiger partial charge in [0, 0.05) is 29.6 Å². The maximum Gasteiger partial charge on any atom is 0.306 e. The van der Waals surface area contributed by atoms with Crippen LogP contribution < -0.4 is 0 Å². The molecule has 0 aromatic rings. The van der Waals surface area contributed by atoms with Gasteiger partial charge in [-0.1, -0.05) is 111 Å². The first kappa shape index (κ1) is 39.5. The van der Waals surface area contributed by atoms with Crippen molar-refractivity contribution >= 4 is 17.5 Å². The summed E-state index contributed by atoms with van der Waals surface area (Å²) in [6.07, 6.45) is 14.2. The Labute approximate surface area is 299 Å². The lowest BCUT2D eigenvalue weighted by Gasteiger charge is -2.64. The van der Waals surface area contributed by atoms with Gasteiger partial charge in [0.1, 0.15) is 11.8 Å². The number of alkyl halides is 2. The number of rotatable bonds is 19. The summed E-state index contributed by atoms with van der Waals surface area (Å²) in [6.45, 7) is 7.23. The van der Waals surface area contributed by atoms with Gasteiger partial charge in [0.25, 0.3) is 0 Å². The molecule has 0 bridgehead atoms. The molecule has 1 N–H and O–H groups in total. The minimum absolute atomic E-state index is 0.0875. The summed E-state index contributed by atoms with van der Waals surface area (Å²) < 4.78 is 52.1. The first-order chi connectivity index (χ1) is 23.9. The summed E-state index contributed by atoms with van der Waals surface area (Å²) in [5, 5.41) is 11.8. The van der Waals surface area contributed by atoms with E-state index in [1.54, 1.807) is 6.92 Å². The number of carbonyl (C=O) groups excluding carboxylic acids is 3. The van der Waals surface area contributed by atoms with Gasteiger partial charge < -0.3 is 19.3 Å². The van der Waals surface area contributed by atoms with Crippen LogP contribution in [0.15, 0.2) is 11.6 Å². The summed E-state index contributed by atoms with van der Waals surface area (Å²) in [4.78, 5) is 39.4. The number of unbranched alkanes of at least 4 members (excludes halogenated alkanes) is 12. The van der Waals surface area contributed by atoms with Crippen LogP contribution in [0.1, 0.15) is 163 Å². The van der Waals surface area contributed by atoms with Crippen molar-refractivity contribution in [2.24, 2.45) is 22.7 Å². The third-order valence-electron chi connectivity index (χ3n) is 13.6. The number of Topliss-reactive ketones (excluding diaryl/α,β-unsaturated/α-hetero) is 1. The van der Waals surface area contributed by atoms with Crippen LogP contribution in [-0.4, -0.2) is 65.2 Å². The van der Waals surface area contributed by atoms with Crippen molar-refractivity contribution in [2.45, 2.75) is 198 Å². The topological polar surface area (TPSA) is 99.1 Å². The number of ether oxygens (including phenoxy) is 3. The fourth-order valence-corrected chi connectivity index (χ4v) is 10.9. The van der Waals surface area contributed by atoms with Gasteiger partial charge in [-0.05, 0) is 56.1 Å². The highest BCUT2D eigenvalue weighted by Gasteiger charge is 2.80. The molecule has 50 heavy (non-hydrogen) atoms. The highest BCUT2D eigenvalue weighted by Crippen LogP contribution is 2.72. The molecule has 9 heteroatoms. The molecule has 3 saturated carbocycles. The van der Waals surface area contributed by atoms with E-state index < -0.39 is 77.0 Å². The van der Waals surface area contributed by atoms with Gasteiger partial charge in [-0.25, -0.2) is 8.78 Å². The van der Waals surface area contributed by atoms with E-state index in [0.717, 1.165) is 25.7 Å². The molecule has 10 atom stereocenters. The fourth-order valence-electron chi connectivity index (χ4n) is 10.9. The van der Waals surface area contributed by atoms with Crippen LogP contribution in [0.25, 0.3) is 0 Å². The summed E-state index contributed by atoms with van der Waals surface area (Å²) in [7, 11) is 0. The Kier molecular flexibility index (Phi) is 13.1. The number of hydrogen-bond donors (Lipinski definition) is 1. The second kappa shape index (κ2) is 16.5. The number of fused-ring (bicyclic) bond motifs is 7. The van der Waals surface area contributed by atoms with Crippen LogP contribution >= 0.6 is 0 Å². The first-order valence-electron chi connectivity index (χ1n) is 20.2. The Morgan fingerprint density at radius 2 is 1.54 bits per heavy atom. The zero-order chi connectivity index (χ0) is 36.2. The molecule has 0 aromatic carbocycles. The van der Waals surface area contributed by atoms with Crippen LogP contribution in [0.2, 0.25) is 0 Å². The van der Waals surface area contributed by atoms with Gasteiger partial charge in [-0.3, -0.25) is 14.4 Å². The van der Waals surface area contributed by atoms with Crippen LogP contribution in [-0.2, 0) is 28.6 Å². The average molecular weight is 707 g/mol. The van der Waals surface area contributed by atoms with Crippen molar-refractivity contribution in [3.63, 3.8) is 0 Å². The van der Waals surface area contributed by atoms with Gasteiger partial charge >= 0.3 is 5.97 Å². The maximum atomic E-state index is 17.7. The van der Waals surface area contributed by atoms with Crippen molar-refractivity contribution in [3.8, 4) is 0 Å². The minimum Gasteiger partial charge on any atom is -0.458 e. The SMILES string of the molecule is CCCCCCCCCCCCCCCC(=O)OCC(=O)[C@@]12O[C@H](CCC)O[C@@H]1C[C@H]1[C@@H]3C[C@H](F)C4=CC(=O)CC[C@]4(C)[C@@]3(F)[C@@H](O)C[C@@]12C. The number of allylic oxidation sites excluding steroid dienone is 1.